The maximum absolute atomic E-state index is 10.0. The Balaban J connectivity index is 2.55. The van der Waals surface area contributed by atoms with Gasteiger partial charge in [0.25, 0.3) is 0 Å². The highest BCUT2D eigenvalue weighted by atomic mass is 16.3. The first kappa shape index (κ1) is 11.6. The zero-order valence-electron chi connectivity index (χ0n) is 10.3. The van der Waals surface area contributed by atoms with Gasteiger partial charge in [-0.05, 0) is 36.6 Å². The smallest absolute Gasteiger partial charge is 0.143 e. The molecule has 2 heterocycles. The summed E-state index contributed by atoms with van der Waals surface area (Å²) in [7, 11) is 0. The lowest BCUT2D eigenvalue weighted by atomic mass is 10.0. The molecule has 0 aromatic carbocycles. The highest BCUT2D eigenvalue weighted by molar-refractivity contribution is 5.63. The Labute approximate surface area is 101 Å². The van der Waals surface area contributed by atoms with E-state index in [-0.39, 0.29) is 5.75 Å². The highest BCUT2D eigenvalue weighted by Gasteiger charge is 2.12. The van der Waals surface area contributed by atoms with Gasteiger partial charge in [-0.15, -0.1) is 0 Å². The molecule has 0 unspecified atom stereocenters. The molecule has 3 heteroatoms. The zero-order chi connectivity index (χ0) is 12.4. The Morgan fingerprint density at radius 1 is 1.24 bits per heavy atom. The first-order chi connectivity index (χ1) is 8.09. The molecule has 1 N–H and O–H groups in total. The minimum absolute atomic E-state index is 0.193. The molecule has 0 saturated heterocycles. The number of aryl methyl sites for hydroxylation is 1. The molecule has 2 aromatic rings. The normalized spacial score (nSPS) is 10.8. The van der Waals surface area contributed by atoms with E-state index in [1.165, 1.54) is 0 Å². The Bertz CT molecular complexity index is 521. The van der Waals surface area contributed by atoms with Crippen molar-refractivity contribution in [1.29, 1.82) is 0 Å². The fourth-order valence-electron chi connectivity index (χ4n) is 1.89. The van der Waals surface area contributed by atoms with Crippen LogP contribution in [0.1, 0.15) is 31.0 Å². The van der Waals surface area contributed by atoms with E-state index < -0.39 is 0 Å². The van der Waals surface area contributed by atoms with Crippen LogP contribution in [0.2, 0.25) is 0 Å². The molecule has 0 radical (unpaired) electrons. The van der Waals surface area contributed by atoms with E-state index in [2.05, 4.69) is 23.8 Å². The number of aromatic hydroxyl groups is 1. The molecule has 2 aromatic heterocycles. The predicted octanol–water partition coefficient (Wildman–Crippen LogP) is 3.28. The summed E-state index contributed by atoms with van der Waals surface area (Å²) in [6.45, 7) is 6.13. The molecule has 0 aliphatic rings. The first-order valence-corrected chi connectivity index (χ1v) is 5.71. The van der Waals surface area contributed by atoms with Gasteiger partial charge in [0.05, 0.1) is 5.69 Å². The molecular formula is C14H16N2O. The summed E-state index contributed by atoms with van der Waals surface area (Å²) in [6.07, 6.45) is 1.70. The van der Waals surface area contributed by atoms with E-state index >= 15 is 0 Å². The standard InChI is InChI=1S/C14H16N2O/c1-9(2)11-8-13(17)14(16-10(11)3)12-6-4-5-7-15-12/h4-9,17H,1-3H3. The molecule has 17 heavy (non-hydrogen) atoms. The van der Waals surface area contributed by atoms with Gasteiger partial charge in [-0.3, -0.25) is 4.98 Å². The van der Waals surface area contributed by atoms with Crippen LogP contribution in [0.5, 0.6) is 5.75 Å². The van der Waals surface area contributed by atoms with Crippen molar-refractivity contribution in [3.63, 3.8) is 0 Å². The predicted molar refractivity (Wildman–Crippen MR) is 68.0 cm³/mol. The lowest BCUT2D eigenvalue weighted by Gasteiger charge is -2.12. The molecule has 0 spiro atoms. The SMILES string of the molecule is Cc1nc(-c2ccccn2)c(O)cc1C(C)C. The van der Waals surface area contributed by atoms with Gasteiger partial charge in [-0.2, -0.15) is 0 Å². The molecular weight excluding hydrogens is 212 g/mol. The van der Waals surface area contributed by atoms with E-state index in [4.69, 9.17) is 0 Å². The Hall–Kier alpha value is -1.90. The van der Waals surface area contributed by atoms with Crippen LogP contribution in [0.4, 0.5) is 0 Å². The van der Waals surface area contributed by atoms with Crippen LogP contribution in [0.3, 0.4) is 0 Å². The minimum atomic E-state index is 0.193. The summed E-state index contributed by atoms with van der Waals surface area (Å²) in [6, 6.07) is 7.36. The highest BCUT2D eigenvalue weighted by Crippen LogP contribution is 2.30. The summed E-state index contributed by atoms with van der Waals surface area (Å²) < 4.78 is 0. The van der Waals surface area contributed by atoms with E-state index in [9.17, 15) is 5.11 Å². The number of hydrogen-bond acceptors (Lipinski definition) is 3. The van der Waals surface area contributed by atoms with Crippen molar-refractivity contribution in [3.05, 3.63) is 41.7 Å². The van der Waals surface area contributed by atoms with E-state index in [0.29, 0.717) is 17.3 Å². The largest absolute Gasteiger partial charge is 0.506 e. The average Bonchev–Trinajstić information content (AvgIpc) is 2.32. The quantitative estimate of drug-likeness (QED) is 0.858. The van der Waals surface area contributed by atoms with Gasteiger partial charge < -0.3 is 5.11 Å². The molecule has 0 amide bonds. The zero-order valence-corrected chi connectivity index (χ0v) is 10.3. The molecule has 0 bridgehead atoms. The second-order valence-corrected chi connectivity index (χ2v) is 4.40. The lowest BCUT2D eigenvalue weighted by Crippen LogP contribution is -1.98. The fraction of sp³-hybridized carbons (Fsp3) is 0.286. The molecule has 2 rings (SSSR count). The third-order valence-electron chi connectivity index (χ3n) is 2.76. The molecule has 0 aliphatic heterocycles. The van der Waals surface area contributed by atoms with Crippen molar-refractivity contribution in [2.45, 2.75) is 26.7 Å². The minimum Gasteiger partial charge on any atom is -0.506 e. The summed E-state index contributed by atoms with van der Waals surface area (Å²) in [5.41, 5.74) is 3.26. The second kappa shape index (κ2) is 4.53. The number of pyridine rings is 2. The molecule has 0 atom stereocenters. The topological polar surface area (TPSA) is 46.0 Å². The van der Waals surface area contributed by atoms with E-state index in [0.717, 1.165) is 11.3 Å². The summed E-state index contributed by atoms with van der Waals surface area (Å²) in [5.74, 6) is 0.546. The second-order valence-electron chi connectivity index (χ2n) is 4.40. The summed E-state index contributed by atoms with van der Waals surface area (Å²) >= 11 is 0. The third kappa shape index (κ3) is 2.28. The lowest BCUT2D eigenvalue weighted by molar-refractivity contribution is 0.473. The van der Waals surface area contributed by atoms with Crippen LogP contribution in [-0.4, -0.2) is 15.1 Å². The van der Waals surface area contributed by atoms with Crippen molar-refractivity contribution in [1.82, 2.24) is 9.97 Å². The Morgan fingerprint density at radius 3 is 2.59 bits per heavy atom. The van der Waals surface area contributed by atoms with Gasteiger partial charge >= 0.3 is 0 Å². The monoisotopic (exact) mass is 228 g/mol. The van der Waals surface area contributed by atoms with E-state index in [1.807, 2.05) is 25.1 Å². The first-order valence-electron chi connectivity index (χ1n) is 5.71. The maximum Gasteiger partial charge on any atom is 0.143 e. The van der Waals surface area contributed by atoms with Crippen molar-refractivity contribution in [3.8, 4) is 17.1 Å². The van der Waals surface area contributed by atoms with Crippen LogP contribution in [0.25, 0.3) is 11.4 Å². The number of hydrogen-bond donors (Lipinski definition) is 1. The maximum atomic E-state index is 10.0. The van der Waals surface area contributed by atoms with Crippen LogP contribution in [0, 0.1) is 6.92 Å². The number of aromatic nitrogens is 2. The van der Waals surface area contributed by atoms with E-state index in [1.54, 1.807) is 12.3 Å². The average molecular weight is 228 g/mol. The van der Waals surface area contributed by atoms with Gasteiger partial charge in [0.1, 0.15) is 11.4 Å². The molecule has 0 fully saturated rings. The Morgan fingerprint density at radius 2 is 2.00 bits per heavy atom. The van der Waals surface area contributed by atoms with Gasteiger partial charge in [-0.1, -0.05) is 19.9 Å². The van der Waals surface area contributed by atoms with Crippen molar-refractivity contribution in [2.75, 3.05) is 0 Å². The van der Waals surface area contributed by atoms with Crippen molar-refractivity contribution >= 4 is 0 Å². The summed E-state index contributed by atoms with van der Waals surface area (Å²) in [4.78, 5) is 8.65. The van der Waals surface area contributed by atoms with Gasteiger partial charge in [0, 0.05) is 11.9 Å². The number of nitrogens with zero attached hydrogens (tertiary/aromatic N) is 2. The van der Waals surface area contributed by atoms with Crippen LogP contribution in [-0.2, 0) is 0 Å². The molecule has 88 valence electrons. The van der Waals surface area contributed by atoms with Gasteiger partial charge in [0.2, 0.25) is 0 Å². The van der Waals surface area contributed by atoms with Crippen molar-refractivity contribution in [2.24, 2.45) is 0 Å². The third-order valence-corrected chi connectivity index (χ3v) is 2.76. The van der Waals surface area contributed by atoms with Crippen LogP contribution < -0.4 is 0 Å². The van der Waals surface area contributed by atoms with Crippen molar-refractivity contribution < 1.29 is 5.11 Å². The molecule has 0 aliphatic carbocycles. The van der Waals surface area contributed by atoms with Crippen LogP contribution in [0.15, 0.2) is 30.5 Å². The fourth-order valence-corrected chi connectivity index (χ4v) is 1.89. The Kier molecular flexibility index (Phi) is 3.09. The number of rotatable bonds is 2. The van der Waals surface area contributed by atoms with Gasteiger partial charge in [0.15, 0.2) is 0 Å². The molecule has 3 nitrogen and oxygen atoms in total. The van der Waals surface area contributed by atoms with Crippen LogP contribution >= 0.6 is 0 Å². The molecule has 0 saturated carbocycles. The van der Waals surface area contributed by atoms with Gasteiger partial charge in [-0.25, -0.2) is 4.98 Å². The summed E-state index contributed by atoms with van der Waals surface area (Å²) in [5, 5.41) is 10.0.